The van der Waals surface area contributed by atoms with Crippen LogP contribution in [0.25, 0.3) is 0 Å². The van der Waals surface area contributed by atoms with E-state index in [2.05, 4.69) is 15.0 Å². The molecule has 3 rings (SSSR count). The molecular formula is C15H19FN6O2. The van der Waals surface area contributed by atoms with Crippen molar-refractivity contribution in [2.24, 2.45) is 7.05 Å². The molecule has 2 aromatic heterocycles. The highest BCUT2D eigenvalue weighted by atomic mass is 19.1. The molecule has 0 aliphatic carbocycles. The van der Waals surface area contributed by atoms with Crippen LogP contribution >= 0.6 is 0 Å². The number of hydrogen-bond donors (Lipinski definition) is 0. The smallest absolute Gasteiger partial charge is 0.293 e. The molecule has 24 heavy (non-hydrogen) atoms. The Morgan fingerprint density at radius 1 is 1.38 bits per heavy atom. The number of anilines is 2. The monoisotopic (exact) mass is 334 g/mol. The number of morpholine rings is 1. The van der Waals surface area contributed by atoms with Gasteiger partial charge in [0, 0.05) is 46.1 Å². The van der Waals surface area contributed by atoms with Gasteiger partial charge in [-0.3, -0.25) is 4.79 Å². The summed E-state index contributed by atoms with van der Waals surface area (Å²) in [6.07, 6.45) is 5.37. The molecule has 8 nitrogen and oxygen atoms in total. The van der Waals surface area contributed by atoms with Crippen molar-refractivity contribution in [1.82, 2.24) is 19.5 Å². The zero-order valence-corrected chi connectivity index (χ0v) is 13.6. The minimum Gasteiger partial charge on any atom is -0.373 e. The highest BCUT2D eigenvalue weighted by molar-refractivity contribution is 5.35. The van der Waals surface area contributed by atoms with E-state index in [1.807, 2.05) is 4.90 Å². The fraction of sp³-hybridized carbons (Fsp3) is 0.467. The van der Waals surface area contributed by atoms with E-state index in [1.165, 1.54) is 4.57 Å². The van der Waals surface area contributed by atoms with Crippen LogP contribution in [0.3, 0.4) is 0 Å². The fourth-order valence-electron chi connectivity index (χ4n) is 2.62. The zero-order chi connectivity index (χ0) is 17.1. The van der Waals surface area contributed by atoms with E-state index in [-0.39, 0.29) is 11.7 Å². The van der Waals surface area contributed by atoms with Crippen LogP contribution in [0.1, 0.15) is 0 Å². The second kappa shape index (κ2) is 6.91. The van der Waals surface area contributed by atoms with Crippen LogP contribution in [-0.4, -0.2) is 58.9 Å². The minimum atomic E-state index is -0.464. The van der Waals surface area contributed by atoms with Crippen molar-refractivity contribution in [3.05, 3.63) is 41.0 Å². The lowest BCUT2D eigenvalue weighted by Gasteiger charge is -2.34. The first-order valence-electron chi connectivity index (χ1n) is 7.61. The molecule has 0 aromatic carbocycles. The van der Waals surface area contributed by atoms with Gasteiger partial charge in [-0.15, -0.1) is 0 Å². The molecule has 0 radical (unpaired) electrons. The Labute approximate surface area is 138 Å². The molecule has 0 amide bonds. The Morgan fingerprint density at radius 2 is 2.12 bits per heavy atom. The summed E-state index contributed by atoms with van der Waals surface area (Å²) in [4.78, 5) is 28.0. The lowest BCUT2D eigenvalue weighted by molar-refractivity contribution is 0.0452. The summed E-state index contributed by atoms with van der Waals surface area (Å²) in [5.41, 5.74) is -0.158. The number of aryl methyl sites for hydroxylation is 1. The molecule has 1 aliphatic rings. The highest BCUT2D eigenvalue weighted by Crippen LogP contribution is 2.14. The van der Waals surface area contributed by atoms with Crippen LogP contribution in [-0.2, 0) is 11.8 Å². The van der Waals surface area contributed by atoms with Crippen LogP contribution in [0, 0.1) is 5.82 Å². The summed E-state index contributed by atoms with van der Waals surface area (Å²) >= 11 is 0. The van der Waals surface area contributed by atoms with Crippen LogP contribution in [0.15, 0.2) is 29.6 Å². The lowest BCUT2D eigenvalue weighted by Crippen LogP contribution is -2.48. The van der Waals surface area contributed by atoms with E-state index in [1.54, 1.807) is 31.4 Å². The maximum atomic E-state index is 12.9. The lowest BCUT2D eigenvalue weighted by atomic mass is 10.2. The second-order valence-electron chi connectivity index (χ2n) is 5.69. The van der Waals surface area contributed by atoms with E-state index in [0.29, 0.717) is 38.0 Å². The van der Waals surface area contributed by atoms with E-state index >= 15 is 0 Å². The van der Waals surface area contributed by atoms with Gasteiger partial charge in [-0.05, 0) is 0 Å². The standard InChI is InChI=1S/C15H19FN6O2/c1-20-4-3-17-13(14(20)23)21(2)9-12-10-22(5-6-24-12)15-18-7-11(16)8-19-15/h3-4,7-8,12H,5-6,9-10H2,1-2H3/t12-/m0/s1. The first-order chi connectivity index (χ1) is 11.5. The van der Waals surface area contributed by atoms with Crippen LogP contribution < -0.4 is 15.4 Å². The Morgan fingerprint density at radius 3 is 2.88 bits per heavy atom. The second-order valence-corrected chi connectivity index (χ2v) is 5.69. The summed E-state index contributed by atoms with van der Waals surface area (Å²) in [7, 11) is 3.49. The number of aromatic nitrogens is 4. The molecule has 0 N–H and O–H groups in total. The molecule has 1 aliphatic heterocycles. The summed E-state index contributed by atoms with van der Waals surface area (Å²) in [5, 5.41) is 0. The first kappa shape index (κ1) is 16.3. The van der Waals surface area contributed by atoms with Gasteiger partial charge < -0.3 is 19.1 Å². The molecular weight excluding hydrogens is 315 g/mol. The number of nitrogens with zero attached hydrogens (tertiary/aromatic N) is 6. The van der Waals surface area contributed by atoms with Gasteiger partial charge >= 0.3 is 0 Å². The number of rotatable bonds is 4. The van der Waals surface area contributed by atoms with Gasteiger partial charge in [0.05, 0.1) is 25.1 Å². The third-order valence-corrected chi connectivity index (χ3v) is 3.87. The molecule has 3 heterocycles. The number of halogens is 1. The number of ether oxygens (including phenoxy) is 1. The molecule has 0 saturated carbocycles. The van der Waals surface area contributed by atoms with E-state index in [0.717, 1.165) is 12.4 Å². The third kappa shape index (κ3) is 3.51. The van der Waals surface area contributed by atoms with Crippen molar-refractivity contribution in [2.75, 3.05) is 43.1 Å². The van der Waals surface area contributed by atoms with Gasteiger partial charge in [0.25, 0.3) is 5.56 Å². The van der Waals surface area contributed by atoms with Gasteiger partial charge in [0.1, 0.15) is 0 Å². The Hall–Kier alpha value is -2.55. The maximum absolute atomic E-state index is 12.9. The SMILES string of the molecule is CN(C[C@H]1CN(c2ncc(F)cn2)CCO1)c1nccn(C)c1=O. The van der Waals surface area contributed by atoms with Crippen molar-refractivity contribution >= 4 is 11.8 Å². The number of likely N-dealkylation sites (N-methyl/N-ethyl adjacent to an activating group) is 1. The Balaban J connectivity index is 1.68. The molecule has 0 unspecified atom stereocenters. The largest absolute Gasteiger partial charge is 0.373 e. The van der Waals surface area contributed by atoms with Crippen molar-refractivity contribution in [1.29, 1.82) is 0 Å². The average Bonchev–Trinajstić information content (AvgIpc) is 2.58. The van der Waals surface area contributed by atoms with Crippen molar-refractivity contribution in [2.45, 2.75) is 6.10 Å². The molecule has 9 heteroatoms. The molecule has 2 aromatic rings. The van der Waals surface area contributed by atoms with Gasteiger partial charge in [-0.1, -0.05) is 0 Å². The van der Waals surface area contributed by atoms with Crippen LogP contribution in [0.2, 0.25) is 0 Å². The summed E-state index contributed by atoms with van der Waals surface area (Å²) in [6.45, 7) is 2.21. The van der Waals surface area contributed by atoms with Crippen LogP contribution in [0.4, 0.5) is 16.2 Å². The predicted molar refractivity (Wildman–Crippen MR) is 86.7 cm³/mol. The summed E-state index contributed by atoms with van der Waals surface area (Å²) < 4.78 is 20.2. The summed E-state index contributed by atoms with van der Waals surface area (Å²) in [5.74, 6) is 0.383. The topological polar surface area (TPSA) is 76.4 Å². The van der Waals surface area contributed by atoms with Gasteiger partial charge in [0.2, 0.25) is 5.95 Å². The molecule has 128 valence electrons. The Kier molecular flexibility index (Phi) is 4.70. The zero-order valence-electron chi connectivity index (χ0n) is 13.6. The molecule has 1 atom stereocenters. The Bertz CT molecular complexity index is 750. The van der Waals surface area contributed by atoms with E-state index in [9.17, 15) is 9.18 Å². The quantitative estimate of drug-likeness (QED) is 0.782. The van der Waals surface area contributed by atoms with Crippen LogP contribution in [0.5, 0.6) is 0 Å². The molecule has 1 fully saturated rings. The van der Waals surface area contributed by atoms with E-state index < -0.39 is 5.82 Å². The number of hydrogen-bond acceptors (Lipinski definition) is 7. The fourth-order valence-corrected chi connectivity index (χ4v) is 2.62. The van der Waals surface area contributed by atoms with E-state index in [4.69, 9.17) is 4.74 Å². The minimum absolute atomic E-state index is 0.135. The predicted octanol–water partition coefficient (Wildman–Crippen LogP) is 0.0510. The molecule has 0 bridgehead atoms. The maximum Gasteiger partial charge on any atom is 0.293 e. The first-order valence-corrected chi connectivity index (χ1v) is 7.61. The van der Waals surface area contributed by atoms with Crippen molar-refractivity contribution < 1.29 is 9.13 Å². The normalized spacial score (nSPS) is 17.8. The van der Waals surface area contributed by atoms with Gasteiger partial charge in [-0.25, -0.2) is 19.3 Å². The third-order valence-electron chi connectivity index (χ3n) is 3.87. The average molecular weight is 334 g/mol. The summed E-state index contributed by atoms with van der Waals surface area (Å²) in [6, 6.07) is 0. The molecule has 1 saturated heterocycles. The van der Waals surface area contributed by atoms with Crippen molar-refractivity contribution in [3.63, 3.8) is 0 Å². The van der Waals surface area contributed by atoms with Crippen molar-refractivity contribution in [3.8, 4) is 0 Å². The van der Waals surface area contributed by atoms with Gasteiger partial charge in [-0.2, -0.15) is 0 Å². The van der Waals surface area contributed by atoms with Gasteiger partial charge in [0.15, 0.2) is 11.6 Å². The molecule has 0 spiro atoms. The highest BCUT2D eigenvalue weighted by Gasteiger charge is 2.24.